The summed E-state index contributed by atoms with van der Waals surface area (Å²) < 4.78 is 26.6. The van der Waals surface area contributed by atoms with Crippen molar-refractivity contribution in [3.05, 3.63) is 114 Å². The van der Waals surface area contributed by atoms with Gasteiger partial charge in [0.15, 0.2) is 0 Å². The van der Waals surface area contributed by atoms with Crippen LogP contribution in [0.5, 0.6) is 0 Å². The van der Waals surface area contributed by atoms with Crippen LogP contribution in [0, 0.1) is 0 Å². The molecule has 0 aromatic heterocycles. The molecule has 0 spiro atoms. The van der Waals surface area contributed by atoms with E-state index in [1.165, 1.54) is 21.7 Å². The Morgan fingerprint density at radius 3 is 1.62 bits per heavy atom. The Morgan fingerprint density at radius 1 is 0.750 bits per heavy atom. The Morgan fingerprint density at radius 2 is 1.19 bits per heavy atom. The zero-order valence-electron chi connectivity index (χ0n) is 18.3. The molecule has 1 aliphatic rings. The van der Waals surface area contributed by atoms with Crippen molar-refractivity contribution in [2.75, 3.05) is 30.3 Å². The molecule has 5 nitrogen and oxygen atoms in total. The van der Waals surface area contributed by atoms with E-state index in [2.05, 4.69) is 58.3 Å². The van der Waals surface area contributed by atoms with E-state index in [4.69, 9.17) is 0 Å². The Kier molecular flexibility index (Phi) is 7.05. The van der Waals surface area contributed by atoms with Crippen molar-refractivity contribution in [2.45, 2.75) is 13.1 Å². The molecular weight excluding hydrogens is 418 g/mol. The summed E-state index contributed by atoms with van der Waals surface area (Å²) in [6, 6.07) is 30.0. The molecule has 0 amide bonds. The van der Waals surface area contributed by atoms with E-state index in [9.17, 15) is 8.42 Å². The first-order chi connectivity index (χ1) is 15.5. The number of sulfonamides is 1. The maximum absolute atomic E-state index is 12.6. The SMILES string of the molecule is CS(=O)(=O)N(C=C1CN(Cc2ccccc2)CN(Cc2ccccc2)C1)c1ccccc1. The fourth-order valence-corrected chi connectivity index (χ4v) is 4.93. The summed E-state index contributed by atoms with van der Waals surface area (Å²) in [5.74, 6) is 0. The van der Waals surface area contributed by atoms with Gasteiger partial charge in [0, 0.05) is 32.4 Å². The second-order valence-corrected chi connectivity index (χ2v) is 10.1. The molecule has 0 bridgehead atoms. The maximum atomic E-state index is 12.6. The van der Waals surface area contributed by atoms with Gasteiger partial charge in [0.1, 0.15) is 0 Å². The third kappa shape index (κ3) is 6.07. The van der Waals surface area contributed by atoms with Gasteiger partial charge in [0.05, 0.1) is 18.6 Å². The summed E-state index contributed by atoms with van der Waals surface area (Å²) in [7, 11) is -3.45. The van der Waals surface area contributed by atoms with Crippen LogP contribution in [-0.2, 0) is 23.1 Å². The van der Waals surface area contributed by atoms with Crippen molar-refractivity contribution in [3.63, 3.8) is 0 Å². The van der Waals surface area contributed by atoms with E-state index in [0.717, 1.165) is 38.4 Å². The molecule has 1 saturated heterocycles. The molecule has 1 aliphatic heterocycles. The number of rotatable bonds is 7. The first-order valence-electron chi connectivity index (χ1n) is 10.7. The fraction of sp³-hybridized carbons (Fsp3) is 0.231. The highest BCUT2D eigenvalue weighted by molar-refractivity contribution is 7.92. The number of para-hydroxylation sites is 1. The normalized spacial score (nSPS) is 15.5. The predicted molar refractivity (Wildman–Crippen MR) is 130 cm³/mol. The van der Waals surface area contributed by atoms with Crippen LogP contribution in [0.15, 0.2) is 103 Å². The molecule has 1 heterocycles. The highest BCUT2D eigenvalue weighted by atomic mass is 32.2. The van der Waals surface area contributed by atoms with E-state index >= 15 is 0 Å². The number of benzene rings is 3. The fourth-order valence-electron chi connectivity index (χ4n) is 4.09. The minimum absolute atomic E-state index is 0.650. The topological polar surface area (TPSA) is 43.9 Å². The lowest BCUT2D eigenvalue weighted by molar-refractivity contribution is 0.105. The Hall–Kier alpha value is -2.93. The van der Waals surface area contributed by atoms with Crippen LogP contribution in [0.3, 0.4) is 0 Å². The monoisotopic (exact) mass is 447 g/mol. The van der Waals surface area contributed by atoms with Crippen molar-refractivity contribution in [2.24, 2.45) is 0 Å². The lowest BCUT2D eigenvalue weighted by atomic mass is 10.1. The number of anilines is 1. The molecule has 166 valence electrons. The van der Waals surface area contributed by atoms with Crippen molar-refractivity contribution in [1.82, 2.24) is 9.80 Å². The van der Waals surface area contributed by atoms with Crippen LogP contribution in [-0.4, -0.2) is 44.2 Å². The van der Waals surface area contributed by atoms with Gasteiger partial charge in [-0.25, -0.2) is 12.7 Å². The Bertz CT molecular complexity index is 1080. The van der Waals surface area contributed by atoms with Crippen LogP contribution in [0.1, 0.15) is 11.1 Å². The Balaban J connectivity index is 1.62. The van der Waals surface area contributed by atoms with Crippen molar-refractivity contribution >= 4 is 15.7 Å². The molecule has 3 aromatic rings. The summed E-state index contributed by atoms with van der Waals surface area (Å²) in [6.07, 6.45) is 3.06. The molecular formula is C26H29N3O2S. The van der Waals surface area contributed by atoms with E-state index < -0.39 is 10.0 Å². The highest BCUT2D eigenvalue weighted by Crippen LogP contribution is 2.22. The number of hydrogen-bond donors (Lipinski definition) is 0. The van der Waals surface area contributed by atoms with E-state index in [0.29, 0.717) is 5.69 Å². The van der Waals surface area contributed by atoms with Crippen molar-refractivity contribution < 1.29 is 8.42 Å². The maximum Gasteiger partial charge on any atom is 0.236 e. The molecule has 1 fully saturated rings. The lowest BCUT2D eigenvalue weighted by Crippen LogP contribution is -2.45. The second kappa shape index (κ2) is 10.1. The van der Waals surface area contributed by atoms with E-state index in [1.807, 2.05) is 42.5 Å². The van der Waals surface area contributed by atoms with Gasteiger partial charge in [0.2, 0.25) is 10.0 Å². The zero-order chi connectivity index (χ0) is 22.4. The molecule has 6 heteroatoms. The zero-order valence-corrected chi connectivity index (χ0v) is 19.2. The lowest BCUT2D eigenvalue weighted by Gasteiger charge is -2.38. The van der Waals surface area contributed by atoms with Gasteiger partial charge in [-0.05, 0) is 28.8 Å². The number of hydrogen-bond acceptors (Lipinski definition) is 4. The third-order valence-electron chi connectivity index (χ3n) is 5.42. The average molecular weight is 448 g/mol. The first kappa shape index (κ1) is 22.3. The van der Waals surface area contributed by atoms with Gasteiger partial charge in [-0.3, -0.25) is 9.80 Å². The quantitative estimate of drug-likeness (QED) is 0.541. The first-order valence-corrected chi connectivity index (χ1v) is 12.6. The molecule has 0 atom stereocenters. The molecule has 0 aliphatic carbocycles. The van der Waals surface area contributed by atoms with Crippen LogP contribution < -0.4 is 4.31 Å². The summed E-state index contributed by atoms with van der Waals surface area (Å²) >= 11 is 0. The molecule has 0 unspecified atom stereocenters. The minimum Gasteiger partial charge on any atom is -0.282 e. The summed E-state index contributed by atoms with van der Waals surface area (Å²) in [5, 5.41) is 0. The smallest absolute Gasteiger partial charge is 0.236 e. The molecule has 4 rings (SSSR count). The molecule has 32 heavy (non-hydrogen) atoms. The van der Waals surface area contributed by atoms with Crippen LogP contribution in [0.4, 0.5) is 5.69 Å². The minimum atomic E-state index is -3.45. The van der Waals surface area contributed by atoms with Gasteiger partial charge in [0.25, 0.3) is 0 Å². The van der Waals surface area contributed by atoms with Crippen LogP contribution in [0.2, 0.25) is 0 Å². The molecule has 3 aromatic carbocycles. The van der Waals surface area contributed by atoms with Gasteiger partial charge < -0.3 is 0 Å². The van der Waals surface area contributed by atoms with Gasteiger partial charge in [-0.2, -0.15) is 0 Å². The van der Waals surface area contributed by atoms with Crippen LogP contribution in [0.25, 0.3) is 0 Å². The molecule has 0 N–H and O–H groups in total. The largest absolute Gasteiger partial charge is 0.282 e. The predicted octanol–water partition coefficient (Wildman–Crippen LogP) is 4.31. The highest BCUT2D eigenvalue weighted by Gasteiger charge is 2.24. The second-order valence-electron chi connectivity index (χ2n) is 8.27. The summed E-state index contributed by atoms with van der Waals surface area (Å²) in [5.41, 5.74) is 4.21. The molecule has 0 radical (unpaired) electrons. The van der Waals surface area contributed by atoms with Gasteiger partial charge >= 0.3 is 0 Å². The van der Waals surface area contributed by atoms with Gasteiger partial charge in [-0.1, -0.05) is 78.9 Å². The molecule has 0 saturated carbocycles. The summed E-state index contributed by atoms with van der Waals surface area (Å²) in [6.45, 7) is 3.89. The Labute approximate surface area is 191 Å². The third-order valence-corrected chi connectivity index (χ3v) is 6.45. The van der Waals surface area contributed by atoms with Gasteiger partial charge in [-0.15, -0.1) is 0 Å². The standard InChI is InChI=1S/C26H29N3O2S/c1-32(30,31)29(26-15-9-4-10-16-26)21-25-19-27(17-23-11-5-2-6-12-23)22-28(20-25)18-24-13-7-3-8-14-24/h2-16,21H,17-20,22H2,1H3. The number of nitrogens with zero attached hydrogens (tertiary/aromatic N) is 3. The van der Waals surface area contributed by atoms with E-state index in [-0.39, 0.29) is 0 Å². The average Bonchev–Trinajstić information content (AvgIpc) is 2.79. The van der Waals surface area contributed by atoms with Crippen LogP contribution >= 0.6 is 0 Å². The van der Waals surface area contributed by atoms with Crippen molar-refractivity contribution in [1.29, 1.82) is 0 Å². The van der Waals surface area contributed by atoms with E-state index in [1.54, 1.807) is 6.20 Å². The summed E-state index contributed by atoms with van der Waals surface area (Å²) in [4.78, 5) is 4.72. The van der Waals surface area contributed by atoms with Crippen molar-refractivity contribution in [3.8, 4) is 0 Å².